The molecule has 0 radical (unpaired) electrons. The summed E-state index contributed by atoms with van der Waals surface area (Å²) in [6, 6.07) is 5.48. The fourth-order valence-electron chi connectivity index (χ4n) is 3.67. The summed E-state index contributed by atoms with van der Waals surface area (Å²) in [5.74, 6) is 1.65. The third-order valence-corrected chi connectivity index (χ3v) is 5.18. The van der Waals surface area contributed by atoms with Crippen molar-refractivity contribution in [3.8, 4) is 11.5 Å². The predicted molar refractivity (Wildman–Crippen MR) is 134 cm³/mol. The molecule has 0 amide bonds. The van der Waals surface area contributed by atoms with Crippen LogP contribution in [0.1, 0.15) is 25.8 Å². The summed E-state index contributed by atoms with van der Waals surface area (Å²) in [4.78, 5) is 6.78. The maximum Gasteiger partial charge on any atom is 0.387 e. The minimum atomic E-state index is -2.89. The minimum Gasteiger partial charge on any atom is -0.493 e. The molecular formula is C22H37F2IN4O3. The summed E-state index contributed by atoms with van der Waals surface area (Å²) in [6.07, 6.45) is 1.73. The van der Waals surface area contributed by atoms with Crippen LogP contribution in [0.3, 0.4) is 0 Å². The number of rotatable bonds is 11. The molecule has 1 atom stereocenters. The summed E-state index contributed by atoms with van der Waals surface area (Å²) in [5.41, 5.74) is 0.866. The molecule has 1 unspecified atom stereocenters. The van der Waals surface area contributed by atoms with E-state index in [4.69, 9.17) is 9.47 Å². The van der Waals surface area contributed by atoms with Crippen LogP contribution in [0, 0.1) is 5.92 Å². The van der Waals surface area contributed by atoms with Gasteiger partial charge in [-0.05, 0) is 36.5 Å². The number of nitrogens with zero attached hydrogens (tertiary/aromatic N) is 2. The van der Waals surface area contributed by atoms with Crippen molar-refractivity contribution in [2.75, 3.05) is 53.6 Å². The van der Waals surface area contributed by atoms with Crippen molar-refractivity contribution in [3.05, 3.63) is 23.8 Å². The van der Waals surface area contributed by atoms with E-state index in [-0.39, 0.29) is 35.5 Å². The number of halogens is 3. The molecule has 1 saturated heterocycles. The molecule has 1 aliphatic heterocycles. The Bertz CT molecular complexity index is 689. The first-order valence-corrected chi connectivity index (χ1v) is 10.8. The maximum absolute atomic E-state index is 12.6. The molecule has 1 aromatic carbocycles. The molecule has 7 nitrogen and oxygen atoms in total. The highest BCUT2D eigenvalue weighted by Crippen LogP contribution is 2.29. The average molecular weight is 570 g/mol. The molecule has 1 heterocycles. The van der Waals surface area contributed by atoms with Crippen molar-refractivity contribution in [1.82, 2.24) is 15.5 Å². The molecular weight excluding hydrogens is 533 g/mol. The van der Waals surface area contributed by atoms with Crippen molar-refractivity contribution in [2.45, 2.75) is 39.3 Å². The third-order valence-electron chi connectivity index (χ3n) is 5.18. The van der Waals surface area contributed by atoms with E-state index in [9.17, 15) is 8.78 Å². The Balaban J connectivity index is 0.00000512. The second-order valence-electron chi connectivity index (χ2n) is 7.93. The van der Waals surface area contributed by atoms with Crippen molar-refractivity contribution in [2.24, 2.45) is 10.9 Å². The number of guanidine groups is 1. The summed E-state index contributed by atoms with van der Waals surface area (Å²) < 4.78 is 40.3. The zero-order chi connectivity index (χ0) is 22.6. The van der Waals surface area contributed by atoms with Crippen LogP contribution in [0.4, 0.5) is 8.78 Å². The Morgan fingerprint density at radius 1 is 1.19 bits per heavy atom. The largest absolute Gasteiger partial charge is 0.493 e. The van der Waals surface area contributed by atoms with Gasteiger partial charge in [-0.15, -0.1) is 24.0 Å². The van der Waals surface area contributed by atoms with Crippen LogP contribution < -0.4 is 20.1 Å². The van der Waals surface area contributed by atoms with E-state index in [1.165, 1.54) is 7.11 Å². The topological polar surface area (TPSA) is 67.4 Å². The number of methoxy groups -OCH3 is 1. The van der Waals surface area contributed by atoms with Gasteiger partial charge in [0.25, 0.3) is 0 Å². The fourth-order valence-corrected chi connectivity index (χ4v) is 3.67. The van der Waals surface area contributed by atoms with E-state index < -0.39 is 6.61 Å². The summed E-state index contributed by atoms with van der Waals surface area (Å²) in [5, 5.41) is 6.72. The van der Waals surface area contributed by atoms with Gasteiger partial charge in [0, 0.05) is 39.3 Å². The Morgan fingerprint density at radius 3 is 2.50 bits per heavy atom. The first kappa shape index (κ1) is 28.6. The highest BCUT2D eigenvalue weighted by Gasteiger charge is 2.22. The number of benzene rings is 1. The van der Waals surface area contributed by atoms with Crippen LogP contribution in [0.15, 0.2) is 23.2 Å². The van der Waals surface area contributed by atoms with Crippen molar-refractivity contribution in [3.63, 3.8) is 0 Å². The Kier molecular flexibility index (Phi) is 13.8. The Morgan fingerprint density at radius 2 is 1.91 bits per heavy atom. The standard InChI is InChI=1S/C22H36F2N4O3.HI/c1-16(2)13-18(28-9-11-30-12-10-28)15-27-22(25-3)26-8-7-17-5-6-19(29-4)20(14-17)31-21(23)24;/h5-6,14,16,18,21H,7-13,15H2,1-4H3,(H2,25,26,27);1H. The minimum absolute atomic E-state index is 0. The molecule has 10 heteroatoms. The molecule has 0 spiro atoms. The molecule has 0 bridgehead atoms. The number of hydrogen-bond donors (Lipinski definition) is 2. The van der Waals surface area contributed by atoms with E-state index in [1.54, 1.807) is 19.2 Å². The first-order chi connectivity index (χ1) is 14.9. The Labute approximate surface area is 207 Å². The van der Waals surface area contributed by atoms with Gasteiger partial charge in [-0.2, -0.15) is 8.78 Å². The van der Waals surface area contributed by atoms with Gasteiger partial charge >= 0.3 is 6.61 Å². The lowest BCUT2D eigenvalue weighted by atomic mass is 10.0. The Hall–Kier alpha value is -1.40. The van der Waals surface area contributed by atoms with E-state index in [0.717, 1.165) is 50.8 Å². The molecule has 2 rings (SSSR count). The van der Waals surface area contributed by atoms with Gasteiger partial charge in [-0.25, -0.2) is 0 Å². The number of morpholine rings is 1. The molecule has 0 aliphatic carbocycles. The fraction of sp³-hybridized carbons (Fsp3) is 0.682. The van der Waals surface area contributed by atoms with Crippen LogP contribution in [0.5, 0.6) is 11.5 Å². The van der Waals surface area contributed by atoms with Gasteiger partial charge in [0.1, 0.15) is 0 Å². The van der Waals surface area contributed by atoms with E-state index in [0.29, 0.717) is 24.9 Å². The molecule has 32 heavy (non-hydrogen) atoms. The van der Waals surface area contributed by atoms with Gasteiger partial charge < -0.3 is 24.8 Å². The average Bonchev–Trinajstić information content (AvgIpc) is 2.75. The summed E-state index contributed by atoms with van der Waals surface area (Å²) >= 11 is 0. The highest BCUT2D eigenvalue weighted by atomic mass is 127. The van der Waals surface area contributed by atoms with Crippen molar-refractivity contribution >= 4 is 29.9 Å². The third kappa shape index (κ3) is 10.0. The second-order valence-corrected chi connectivity index (χ2v) is 7.93. The van der Waals surface area contributed by atoms with Crippen LogP contribution in [0.2, 0.25) is 0 Å². The molecule has 1 fully saturated rings. The smallest absolute Gasteiger partial charge is 0.387 e. The van der Waals surface area contributed by atoms with E-state index in [1.807, 2.05) is 6.07 Å². The van der Waals surface area contributed by atoms with E-state index >= 15 is 0 Å². The maximum atomic E-state index is 12.6. The molecule has 2 N–H and O–H groups in total. The quantitative estimate of drug-likeness (QED) is 0.242. The van der Waals surface area contributed by atoms with Crippen LogP contribution in [0.25, 0.3) is 0 Å². The van der Waals surface area contributed by atoms with Gasteiger partial charge in [-0.1, -0.05) is 19.9 Å². The predicted octanol–water partition coefficient (Wildman–Crippen LogP) is 3.37. The van der Waals surface area contributed by atoms with Gasteiger partial charge in [0.05, 0.1) is 20.3 Å². The lowest BCUT2D eigenvalue weighted by Crippen LogP contribution is -2.51. The van der Waals surface area contributed by atoms with Gasteiger partial charge in [-0.3, -0.25) is 9.89 Å². The van der Waals surface area contributed by atoms with Crippen LogP contribution in [-0.4, -0.2) is 77.1 Å². The number of alkyl halides is 2. The zero-order valence-electron chi connectivity index (χ0n) is 19.4. The first-order valence-electron chi connectivity index (χ1n) is 10.8. The summed E-state index contributed by atoms with van der Waals surface area (Å²) in [6.45, 7) is 6.44. The van der Waals surface area contributed by atoms with Crippen molar-refractivity contribution in [1.29, 1.82) is 0 Å². The summed E-state index contributed by atoms with van der Waals surface area (Å²) in [7, 11) is 3.16. The number of ether oxygens (including phenoxy) is 3. The lowest BCUT2D eigenvalue weighted by Gasteiger charge is -2.35. The number of hydrogen-bond acceptors (Lipinski definition) is 5. The SMILES string of the molecule is CN=C(NCCc1ccc(OC)c(OC(F)F)c1)NCC(CC(C)C)N1CCOCC1.I. The lowest BCUT2D eigenvalue weighted by molar-refractivity contribution is -0.0512. The molecule has 0 saturated carbocycles. The molecule has 1 aromatic rings. The number of nitrogens with one attached hydrogen (secondary N) is 2. The molecule has 184 valence electrons. The van der Waals surface area contributed by atoms with Crippen LogP contribution in [-0.2, 0) is 11.2 Å². The number of aliphatic imine (C=N–C) groups is 1. The van der Waals surface area contributed by atoms with E-state index in [2.05, 4.69) is 39.1 Å². The van der Waals surface area contributed by atoms with Crippen LogP contribution >= 0.6 is 24.0 Å². The zero-order valence-corrected chi connectivity index (χ0v) is 21.7. The normalized spacial score (nSPS) is 15.9. The second kappa shape index (κ2) is 15.4. The van der Waals surface area contributed by atoms with Gasteiger partial charge in [0.2, 0.25) is 0 Å². The molecule has 1 aliphatic rings. The monoisotopic (exact) mass is 570 g/mol. The van der Waals surface area contributed by atoms with Crippen molar-refractivity contribution < 1.29 is 23.0 Å². The van der Waals surface area contributed by atoms with Gasteiger partial charge in [0.15, 0.2) is 17.5 Å². The molecule has 0 aromatic heterocycles. The highest BCUT2D eigenvalue weighted by molar-refractivity contribution is 14.0.